The van der Waals surface area contributed by atoms with E-state index in [1.165, 1.54) is 5.56 Å². The molecule has 0 aliphatic heterocycles. The van der Waals surface area contributed by atoms with Gasteiger partial charge in [-0.1, -0.05) is 19.1 Å². The van der Waals surface area contributed by atoms with Crippen molar-refractivity contribution in [1.29, 1.82) is 0 Å². The number of carbonyl (C=O) groups excluding carboxylic acids is 1. The molecule has 138 valence electrons. The Kier molecular flexibility index (Phi) is 5.71. The van der Waals surface area contributed by atoms with Crippen molar-refractivity contribution in [2.45, 2.75) is 51.9 Å². The first kappa shape index (κ1) is 18.2. The van der Waals surface area contributed by atoms with Crippen LogP contribution in [0.25, 0.3) is 5.69 Å². The molecule has 1 aromatic heterocycles. The van der Waals surface area contributed by atoms with Crippen molar-refractivity contribution >= 4 is 11.9 Å². The van der Waals surface area contributed by atoms with Crippen LogP contribution in [0.1, 0.15) is 59.9 Å². The molecule has 0 saturated carbocycles. The maximum absolute atomic E-state index is 12.5. The largest absolute Gasteiger partial charge is 0.481 e. The molecule has 0 saturated heterocycles. The second kappa shape index (κ2) is 8.17. The van der Waals surface area contributed by atoms with E-state index in [4.69, 9.17) is 5.11 Å². The lowest BCUT2D eigenvalue weighted by molar-refractivity contribution is -0.137. The number of aryl methyl sites for hydroxylation is 1. The molecule has 0 bridgehead atoms. The number of carbonyl (C=O) groups is 2. The van der Waals surface area contributed by atoms with Crippen LogP contribution < -0.4 is 5.32 Å². The van der Waals surface area contributed by atoms with Gasteiger partial charge in [-0.05, 0) is 56.2 Å². The van der Waals surface area contributed by atoms with Crippen molar-refractivity contribution in [1.82, 2.24) is 15.1 Å². The smallest absolute Gasteiger partial charge is 0.303 e. The number of nitrogens with zero attached hydrogens (tertiary/aromatic N) is 2. The van der Waals surface area contributed by atoms with Gasteiger partial charge in [0.2, 0.25) is 0 Å². The lowest BCUT2D eigenvalue weighted by atomic mass is 10.1. The molecule has 0 unspecified atom stereocenters. The monoisotopic (exact) mass is 355 g/mol. The van der Waals surface area contributed by atoms with E-state index in [2.05, 4.69) is 41.6 Å². The first-order chi connectivity index (χ1) is 12.6. The minimum absolute atomic E-state index is 0.133. The number of unbranched alkanes of at least 4 members (excludes halogenated alkanes) is 1. The van der Waals surface area contributed by atoms with Crippen LogP contribution in [0.4, 0.5) is 0 Å². The van der Waals surface area contributed by atoms with E-state index in [1.807, 2.05) is 4.68 Å². The number of amides is 1. The molecule has 6 nitrogen and oxygen atoms in total. The Bertz CT molecular complexity index is 793. The highest BCUT2D eigenvalue weighted by molar-refractivity contribution is 5.94. The van der Waals surface area contributed by atoms with Crippen LogP contribution in [0.2, 0.25) is 0 Å². The van der Waals surface area contributed by atoms with E-state index in [0.717, 1.165) is 42.6 Å². The van der Waals surface area contributed by atoms with Crippen LogP contribution >= 0.6 is 0 Å². The molecule has 1 aromatic carbocycles. The molecular formula is C20H25N3O3. The summed E-state index contributed by atoms with van der Waals surface area (Å²) in [6.45, 7) is 2.60. The number of nitrogens with one attached hydrogen (secondary N) is 1. The van der Waals surface area contributed by atoms with Gasteiger partial charge in [0.15, 0.2) is 5.69 Å². The first-order valence-electron chi connectivity index (χ1n) is 9.30. The summed E-state index contributed by atoms with van der Waals surface area (Å²) in [5, 5.41) is 16.1. The second-order valence-corrected chi connectivity index (χ2v) is 6.67. The van der Waals surface area contributed by atoms with Gasteiger partial charge in [0.1, 0.15) is 0 Å². The standard InChI is InChI=1S/C20H25N3O3/c1-2-14-9-11-15(12-10-14)23-17-7-5-6-16(17)19(22-23)20(26)21-13-4-3-8-18(24)25/h9-12H,2-8,13H2,1H3,(H,21,26)(H,24,25). The second-order valence-electron chi connectivity index (χ2n) is 6.67. The summed E-state index contributed by atoms with van der Waals surface area (Å²) in [7, 11) is 0. The number of hydrogen-bond donors (Lipinski definition) is 2. The predicted molar refractivity (Wildman–Crippen MR) is 98.8 cm³/mol. The Hall–Kier alpha value is -2.63. The van der Waals surface area contributed by atoms with Crippen LogP contribution in [0.3, 0.4) is 0 Å². The molecule has 2 aromatic rings. The Morgan fingerprint density at radius 3 is 2.65 bits per heavy atom. The third kappa shape index (κ3) is 3.95. The minimum atomic E-state index is -0.804. The van der Waals surface area contributed by atoms with E-state index in [0.29, 0.717) is 25.1 Å². The third-order valence-electron chi connectivity index (χ3n) is 4.84. The van der Waals surface area contributed by atoms with Gasteiger partial charge in [-0.25, -0.2) is 4.68 Å². The molecule has 0 spiro atoms. The van der Waals surface area contributed by atoms with Crippen molar-refractivity contribution in [2.24, 2.45) is 0 Å². The predicted octanol–water partition coefficient (Wildman–Crippen LogP) is 2.91. The molecule has 2 N–H and O–H groups in total. The number of aliphatic carboxylic acids is 1. The molecule has 26 heavy (non-hydrogen) atoms. The summed E-state index contributed by atoms with van der Waals surface area (Å²) in [6.07, 6.45) is 5.19. The normalized spacial score (nSPS) is 12.8. The summed E-state index contributed by atoms with van der Waals surface area (Å²) in [5.74, 6) is -0.968. The topological polar surface area (TPSA) is 84.2 Å². The van der Waals surface area contributed by atoms with Gasteiger partial charge in [0.05, 0.1) is 5.69 Å². The van der Waals surface area contributed by atoms with Gasteiger partial charge in [0.25, 0.3) is 5.91 Å². The van der Waals surface area contributed by atoms with Crippen molar-refractivity contribution < 1.29 is 14.7 Å². The van der Waals surface area contributed by atoms with Gasteiger partial charge in [-0.15, -0.1) is 0 Å². The molecule has 1 aliphatic carbocycles. The van der Waals surface area contributed by atoms with Crippen molar-refractivity contribution in [3.05, 3.63) is 46.8 Å². The summed E-state index contributed by atoms with van der Waals surface area (Å²) in [4.78, 5) is 23.1. The van der Waals surface area contributed by atoms with Gasteiger partial charge < -0.3 is 10.4 Å². The van der Waals surface area contributed by atoms with E-state index >= 15 is 0 Å². The fraction of sp³-hybridized carbons (Fsp3) is 0.450. The maximum atomic E-state index is 12.5. The van der Waals surface area contributed by atoms with Crippen LogP contribution in [-0.4, -0.2) is 33.3 Å². The summed E-state index contributed by atoms with van der Waals surface area (Å²) in [5.41, 5.74) is 4.95. The van der Waals surface area contributed by atoms with Gasteiger partial charge in [-0.3, -0.25) is 9.59 Å². The van der Waals surface area contributed by atoms with Crippen LogP contribution in [0, 0.1) is 0 Å². The average molecular weight is 355 g/mol. The first-order valence-corrected chi connectivity index (χ1v) is 9.30. The SMILES string of the molecule is CCc1ccc(-n2nc(C(=O)NCCCCC(=O)O)c3c2CCC3)cc1. The zero-order chi connectivity index (χ0) is 18.5. The number of fused-ring (bicyclic) bond motifs is 1. The lowest BCUT2D eigenvalue weighted by Gasteiger charge is -2.06. The molecule has 0 atom stereocenters. The molecule has 1 aliphatic rings. The number of hydrogen-bond acceptors (Lipinski definition) is 3. The summed E-state index contributed by atoms with van der Waals surface area (Å²) < 4.78 is 1.90. The van der Waals surface area contributed by atoms with E-state index in [1.54, 1.807) is 0 Å². The Morgan fingerprint density at radius 2 is 1.96 bits per heavy atom. The molecule has 0 fully saturated rings. The van der Waals surface area contributed by atoms with Gasteiger partial charge in [-0.2, -0.15) is 5.10 Å². The van der Waals surface area contributed by atoms with Crippen LogP contribution in [-0.2, 0) is 24.1 Å². The number of rotatable bonds is 8. The van der Waals surface area contributed by atoms with E-state index < -0.39 is 5.97 Å². The van der Waals surface area contributed by atoms with Crippen molar-refractivity contribution in [3.8, 4) is 5.69 Å². The van der Waals surface area contributed by atoms with E-state index in [9.17, 15) is 9.59 Å². The highest BCUT2D eigenvalue weighted by Gasteiger charge is 2.26. The van der Waals surface area contributed by atoms with Crippen molar-refractivity contribution in [2.75, 3.05) is 6.54 Å². The number of carboxylic acid groups (broad SMARTS) is 1. The molecular weight excluding hydrogens is 330 g/mol. The van der Waals surface area contributed by atoms with Crippen LogP contribution in [0.5, 0.6) is 0 Å². The zero-order valence-corrected chi connectivity index (χ0v) is 15.1. The Morgan fingerprint density at radius 1 is 1.19 bits per heavy atom. The lowest BCUT2D eigenvalue weighted by Crippen LogP contribution is -2.26. The highest BCUT2D eigenvalue weighted by Crippen LogP contribution is 2.28. The average Bonchev–Trinajstić information content (AvgIpc) is 3.23. The van der Waals surface area contributed by atoms with Gasteiger partial charge in [0, 0.05) is 24.2 Å². The highest BCUT2D eigenvalue weighted by atomic mass is 16.4. The minimum Gasteiger partial charge on any atom is -0.481 e. The summed E-state index contributed by atoms with van der Waals surface area (Å²) in [6, 6.07) is 8.30. The molecule has 1 amide bonds. The van der Waals surface area contributed by atoms with E-state index in [-0.39, 0.29) is 12.3 Å². The Balaban J connectivity index is 1.72. The fourth-order valence-electron chi connectivity index (χ4n) is 3.39. The number of benzene rings is 1. The van der Waals surface area contributed by atoms with Crippen LogP contribution in [0.15, 0.2) is 24.3 Å². The number of aromatic nitrogens is 2. The molecule has 6 heteroatoms. The van der Waals surface area contributed by atoms with Crippen molar-refractivity contribution in [3.63, 3.8) is 0 Å². The Labute approximate surface area is 153 Å². The molecule has 1 heterocycles. The maximum Gasteiger partial charge on any atom is 0.303 e. The third-order valence-corrected chi connectivity index (χ3v) is 4.84. The quantitative estimate of drug-likeness (QED) is 0.713. The molecule has 3 rings (SSSR count). The zero-order valence-electron chi connectivity index (χ0n) is 15.1. The number of carboxylic acids is 1. The molecule has 0 radical (unpaired) electrons. The summed E-state index contributed by atoms with van der Waals surface area (Å²) >= 11 is 0. The fourth-order valence-corrected chi connectivity index (χ4v) is 3.39. The van der Waals surface area contributed by atoms with Gasteiger partial charge >= 0.3 is 5.97 Å².